The maximum Gasteiger partial charge on any atom is 0.129 e. The minimum absolute atomic E-state index is 0.121. The average molecular weight is 213 g/mol. The Morgan fingerprint density at radius 1 is 1.43 bits per heavy atom. The van der Waals surface area contributed by atoms with Crippen LogP contribution in [-0.4, -0.2) is 10.5 Å². The van der Waals surface area contributed by atoms with Gasteiger partial charge in [0.1, 0.15) is 5.15 Å². The number of nitrogens with zero attached hydrogens (tertiary/aromatic N) is 1. The molecule has 0 aromatic carbocycles. The summed E-state index contributed by atoms with van der Waals surface area (Å²) in [5.74, 6) is 0. The second kappa shape index (κ2) is 4.28. The van der Waals surface area contributed by atoms with Crippen LogP contribution in [0.3, 0.4) is 0 Å². The zero-order chi connectivity index (χ0) is 10.8. The molecule has 0 aliphatic carbocycles. The highest BCUT2D eigenvalue weighted by molar-refractivity contribution is 6.29. The summed E-state index contributed by atoms with van der Waals surface area (Å²) < 4.78 is 0. The summed E-state index contributed by atoms with van der Waals surface area (Å²) in [7, 11) is 0. The lowest BCUT2D eigenvalue weighted by Gasteiger charge is -2.18. The van der Waals surface area contributed by atoms with E-state index < -0.39 is 0 Å². The summed E-state index contributed by atoms with van der Waals surface area (Å²) in [6, 6.07) is 3.96. The molecule has 3 heteroatoms. The van der Waals surface area contributed by atoms with Crippen LogP contribution >= 0.6 is 11.6 Å². The summed E-state index contributed by atoms with van der Waals surface area (Å²) >= 11 is 5.86. The molecule has 0 unspecified atom stereocenters. The van der Waals surface area contributed by atoms with E-state index in [1.807, 2.05) is 26.8 Å². The van der Waals surface area contributed by atoms with Crippen LogP contribution in [0.4, 0.5) is 0 Å². The minimum atomic E-state index is -0.121. The molecule has 0 saturated carbocycles. The summed E-state index contributed by atoms with van der Waals surface area (Å²) in [6.07, 6.45) is 1.90. The van der Waals surface area contributed by atoms with Gasteiger partial charge in [-0.3, -0.25) is 0 Å². The third kappa shape index (κ3) is 4.07. The predicted octanol–water partition coefficient (Wildman–Crippen LogP) is 2.71. The molecule has 0 aliphatic rings. The first kappa shape index (κ1) is 11.5. The monoisotopic (exact) mass is 212 g/mol. The lowest BCUT2D eigenvalue weighted by Crippen LogP contribution is -2.32. The van der Waals surface area contributed by atoms with Crippen LogP contribution in [0.5, 0.6) is 0 Å². The number of hydrogen-bond donors (Lipinski definition) is 1. The first-order valence-electron chi connectivity index (χ1n) is 4.79. The van der Waals surface area contributed by atoms with Gasteiger partial charge in [0.15, 0.2) is 0 Å². The Bertz CT molecular complexity index is 295. The van der Waals surface area contributed by atoms with Gasteiger partial charge < -0.3 is 5.73 Å². The Balaban J connectivity index is 2.68. The fourth-order valence-electron chi connectivity index (χ4n) is 1.31. The van der Waals surface area contributed by atoms with Crippen LogP contribution in [0, 0.1) is 6.92 Å². The van der Waals surface area contributed by atoms with E-state index in [-0.39, 0.29) is 5.54 Å². The second-order valence-electron chi connectivity index (χ2n) is 4.43. The molecule has 0 atom stereocenters. The highest BCUT2D eigenvalue weighted by Crippen LogP contribution is 2.15. The van der Waals surface area contributed by atoms with Gasteiger partial charge in [-0.1, -0.05) is 11.6 Å². The van der Waals surface area contributed by atoms with E-state index in [0.717, 1.165) is 18.5 Å². The first-order chi connectivity index (χ1) is 6.37. The molecule has 0 fully saturated rings. The van der Waals surface area contributed by atoms with Crippen LogP contribution in [0.1, 0.15) is 31.5 Å². The topological polar surface area (TPSA) is 38.9 Å². The molecule has 14 heavy (non-hydrogen) atoms. The van der Waals surface area contributed by atoms with Crippen molar-refractivity contribution in [2.45, 2.75) is 39.2 Å². The lowest BCUT2D eigenvalue weighted by molar-refractivity contribution is 0.476. The molecule has 2 nitrogen and oxygen atoms in total. The van der Waals surface area contributed by atoms with Crippen molar-refractivity contribution in [3.8, 4) is 0 Å². The third-order valence-electron chi connectivity index (χ3n) is 2.04. The number of halogens is 1. The van der Waals surface area contributed by atoms with Gasteiger partial charge in [-0.25, -0.2) is 4.98 Å². The number of aryl methyl sites for hydroxylation is 2. The molecule has 0 saturated heterocycles. The molecule has 1 aromatic rings. The number of aromatic nitrogens is 1. The summed E-state index contributed by atoms with van der Waals surface area (Å²) in [5.41, 5.74) is 7.96. The molecular weight excluding hydrogens is 196 g/mol. The Labute approximate surface area is 90.5 Å². The standard InChI is InChI=1S/C11H17ClN2/c1-8-6-9(7-10(12)14-8)4-5-11(2,3)13/h6-7H,4-5,13H2,1-3H3. The van der Waals surface area contributed by atoms with Crippen molar-refractivity contribution in [3.63, 3.8) is 0 Å². The van der Waals surface area contributed by atoms with Crippen molar-refractivity contribution < 1.29 is 0 Å². The zero-order valence-corrected chi connectivity index (χ0v) is 9.73. The minimum Gasteiger partial charge on any atom is -0.326 e. The highest BCUT2D eigenvalue weighted by atomic mass is 35.5. The maximum absolute atomic E-state index is 5.91. The SMILES string of the molecule is Cc1cc(CCC(C)(C)N)cc(Cl)n1. The van der Waals surface area contributed by atoms with E-state index in [1.165, 1.54) is 5.56 Å². The van der Waals surface area contributed by atoms with Crippen molar-refractivity contribution in [3.05, 3.63) is 28.5 Å². The number of pyridine rings is 1. The van der Waals surface area contributed by atoms with Crippen LogP contribution in [0.25, 0.3) is 0 Å². The van der Waals surface area contributed by atoms with Crippen LogP contribution in [-0.2, 0) is 6.42 Å². The quantitative estimate of drug-likeness (QED) is 0.783. The van der Waals surface area contributed by atoms with Crippen molar-refractivity contribution in [1.82, 2.24) is 4.98 Å². The fourth-order valence-corrected chi connectivity index (χ4v) is 1.58. The first-order valence-corrected chi connectivity index (χ1v) is 5.16. The van der Waals surface area contributed by atoms with Gasteiger partial charge in [-0.2, -0.15) is 0 Å². The molecule has 1 aromatic heterocycles. The van der Waals surface area contributed by atoms with Crippen molar-refractivity contribution >= 4 is 11.6 Å². The number of hydrogen-bond acceptors (Lipinski definition) is 2. The normalized spacial score (nSPS) is 11.8. The van der Waals surface area contributed by atoms with Crippen molar-refractivity contribution in [1.29, 1.82) is 0 Å². The maximum atomic E-state index is 5.91. The Morgan fingerprint density at radius 2 is 2.07 bits per heavy atom. The smallest absolute Gasteiger partial charge is 0.129 e. The van der Waals surface area contributed by atoms with Gasteiger partial charge >= 0.3 is 0 Å². The molecule has 2 N–H and O–H groups in total. The van der Waals surface area contributed by atoms with Gasteiger partial charge in [-0.15, -0.1) is 0 Å². The Hall–Kier alpha value is -0.600. The van der Waals surface area contributed by atoms with E-state index in [2.05, 4.69) is 11.1 Å². The van der Waals surface area contributed by atoms with Crippen LogP contribution in [0.15, 0.2) is 12.1 Å². The van der Waals surface area contributed by atoms with E-state index in [4.69, 9.17) is 17.3 Å². The zero-order valence-electron chi connectivity index (χ0n) is 8.97. The molecule has 1 rings (SSSR count). The summed E-state index contributed by atoms with van der Waals surface area (Å²) in [4.78, 5) is 4.11. The Morgan fingerprint density at radius 3 is 2.57 bits per heavy atom. The average Bonchev–Trinajstić information content (AvgIpc) is 1.97. The second-order valence-corrected chi connectivity index (χ2v) is 4.82. The summed E-state index contributed by atoms with van der Waals surface area (Å²) in [6.45, 7) is 6.01. The molecule has 0 bridgehead atoms. The molecule has 1 heterocycles. The van der Waals surface area contributed by atoms with E-state index in [1.54, 1.807) is 0 Å². The highest BCUT2D eigenvalue weighted by Gasteiger charge is 2.10. The van der Waals surface area contributed by atoms with Gasteiger partial charge in [0, 0.05) is 11.2 Å². The van der Waals surface area contributed by atoms with Crippen LogP contribution in [0.2, 0.25) is 5.15 Å². The number of nitrogens with two attached hydrogens (primary N) is 1. The van der Waals surface area contributed by atoms with Gasteiger partial charge in [0.05, 0.1) is 0 Å². The van der Waals surface area contributed by atoms with Crippen LogP contribution < -0.4 is 5.73 Å². The van der Waals surface area contributed by atoms with Crippen molar-refractivity contribution in [2.75, 3.05) is 0 Å². The fraction of sp³-hybridized carbons (Fsp3) is 0.545. The Kier molecular flexibility index (Phi) is 3.51. The molecule has 0 aliphatic heterocycles. The van der Waals surface area contributed by atoms with Crippen molar-refractivity contribution in [2.24, 2.45) is 5.73 Å². The predicted molar refractivity (Wildman–Crippen MR) is 60.6 cm³/mol. The lowest BCUT2D eigenvalue weighted by atomic mass is 9.97. The molecule has 0 spiro atoms. The van der Waals surface area contributed by atoms with Gasteiger partial charge in [0.2, 0.25) is 0 Å². The molecule has 0 radical (unpaired) electrons. The molecular formula is C11H17ClN2. The van der Waals surface area contributed by atoms with E-state index in [0.29, 0.717) is 5.15 Å². The van der Waals surface area contributed by atoms with Gasteiger partial charge in [0.25, 0.3) is 0 Å². The number of rotatable bonds is 3. The van der Waals surface area contributed by atoms with E-state index >= 15 is 0 Å². The van der Waals surface area contributed by atoms with Gasteiger partial charge in [-0.05, 0) is 51.3 Å². The summed E-state index contributed by atoms with van der Waals surface area (Å²) in [5, 5.41) is 0.565. The molecule has 78 valence electrons. The van der Waals surface area contributed by atoms with E-state index in [9.17, 15) is 0 Å². The largest absolute Gasteiger partial charge is 0.326 e. The molecule has 0 amide bonds. The third-order valence-corrected chi connectivity index (χ3v) is 2.23.